The summed E-state index contributed by atoms with van der Waals surface area (Å²) in [5, 5.41) is 4.81. The van der Waals surface area contributed by atoms with Crippen molar-refractivity contribution in [3.63, 3.8) is 0 Å². The van der Waals surface area contributed by atoms with Crippen molar-refractivity contribution in [2.45, 2.75) is 25.3 Å². The van der Waals surface area contributed by atoms with Crippen LogP contribution in [0.1, 0.15) is 30.9 Å². The second-order valence-corrected chi connectivity index (χ2v) is 6.40. The lowest BCUT2D eigenvalue weighted by molar-refractivity contribution is 0.161. The third-order valence-corrected chi connectivity index (χ3v) is 4.89. The van der Waals surface area contributed by atoms with Gasteiger partial charge in [-0.05, 0) is 30.0 Å². The van der Waals surface area contributed by atoms with Crippen molar-refractivity contribution in [2.24, 2.45) is 5.92 Å². The van der Waals surface area contributed by atoms with Gasteiger partial charge in [-0.3, -0.25) is 9.88 Å². The molecule has 1 aliphatic carbocycles. The Hall–Kier alpha value is -0.870. The Morgan fingerprint density at radius 1 is 1.09 bits per heavy atom. The Labute approximate surface area is 150 Å². The van der Waals surface area contributed by atoms with Crippen LogP contribution in [-0.4, -0.2) is 36.1 Å². The van der Waals surface area contributed by atoms with E-state index in [1.54, 1.807) is 0 Å². The molecule has 0 amide bonds. The quantitative estimate of drug-likeness (QED) is 0.905. The van der Waals surface area contributed by atoms with E-state index in [0.29, 0.717) is 6.04 Å². The maximum absolute atomic E-state index is 4.53. The van der Waals surface area contributed by atoms with E-state index >= 15 is 0 Å². The van der Waals surface area contributed by atoms with Gasteiger partial charge in [0.05, 0.1) is 5.52 Å². The fraction of sp³-hybridized carbons (Fsp3) is 0.500. The van der Waals surface area contributed by atoms with Crippen molar-refractivity contribution in [3.8, 4) is 0 Å². The summed E-state index contributed by atoms with van der Waals surface area (Å²) in [6.07, 6.45) is 6.14. The van der Waals surface area contributed by atoms with Crippen LogP contribution in [0.25, 0.3) is 10.9 Å². The molecule has 1 aromatic carbocycles. The maximum Gasteiger partial charge on any atom is 0.0705 e. The monoisotopic (exact) mass is 353 g/mol. The summed E-state index contributed by atoms with van der Waals surface area (Å²) in [7, 11) is 0. The molecule has 1 atom stereocenters. The third kappa shape index (κ3) is 4.16. The van der Waals surface area contributed by atoms with Crippen molar-refractivity contribution >= 4 is 35.7 Å². The highest BCUT2D eigenvalue weighted by Gasteiger charge is 2.31. The van der Waals surface area contributed by atoms with E-state index in [2.05, 4.69) is 45.5 Å². The summed E-state index contributed by atoms with van der Waals surface area (Å²) < 4.78 is 0. The van der Waals surface area contributed by atoms with E-state index in [4.69, 9.17) is 0 Å². The Morgan fingerprint density at radius 3 is 2.57 bits per heavy atom. The van der Waals surface area contributed by atoms with Gasteiger partial charge in [0.25, 0.3) is 0 Å². The zero-order valence-corrected chi connectivity index (χ0v) is 14.9. The molecule has 1 aliphatic heterocycles. The molecule has 0 spiro atoms. The first kappa shape index (κ1) is 18.5. The average molecular weight is 354 g/mol. The number of halogens is 2. The van der Waals surface area contributed by atoms with Crippen LogP contribution in [0.5, 0.6) is 0 Å². The fourth-order valence-electron chi connectivity index (χ4n) is 3.54. The van der Waals surface area contributed by atoms with Gasteiger partial charge in [-0.25, -0.2) is 0 Å². The van der Waals surface area contributed by atoms with Crippen molar-refractivity contribution < 1.29 is 0 Å². The van der Waals surface area contributed by atoms with E-state index in [1.165, 1.54) is 30.2 Å². The maximum atomic E-state index is 4.53. The number of aromatic nitrogens is 1. The number of pyridine rings is 1. The van der Waals surface area contributed by atoms with E-state index in [9.17, 15) is 0 Å². The molecule has 4 rings (SSSR count). The van der Waals surface area contributed by atoms with Crippen LogP contribution < -0.4 is 5.32 Å². The molecular weight excluding hydrogens is 329 g/mol. The molecule has 1 aromatic heterocycles. The zero-order valence-electron chi connectivity index (χ0n) is 13.3. The van der Waals surface area contributed by atoms with Crippen LogP contribution in [0, 0.1) is 5.92 Å². The van der Waals surface area contributed by atoms with E-state index in [-0.39, 0.29) is 24.8 Å². The van der Waals surface area contributed by atoms with Gasteiger partial charge >= 0.3 is 0 Å². The first-order chi connectivity index (χ1) is 10.4. The number of para-hydroxylation sites is 1. The highest BCUT2D eigenvalue weighted by atomic mass is 35.5. The minimum absolute atomic E-state index is 0. The molecule has 1 saturated heterocycles. The van der Waals surface area contributed by atoms with Gasteiger partial charge in [-0.1, -0.05) is 31.0 Å². The normalized spacial score (nSPS) is 19.7. The summed E-state index contributed by atoms with van der Waals surface area (Å²) >= 11 is 0. The molecule has 23 heavy (non-hydrogen) atoms. The van der Waals surface area contributed by atoms with Crippen LogP contribution in [0.3, 0.4) is 0 Å². The van der Waals surface area contributed by atoms with Gasteiger partial charge in [-0.15, -0.1) is 24.8 Å². The Balaban J connectivity index is 0.000000960. The molecule has 1 N–H and O–H groups in total. The van der Waals surface area contributed by atoms with Crippen LogP contribution in [0.4, 0.5) is 0 Å². The minimum Gasteiger partial charge on any atom is -0.314 e. The Bertz CT molecular complexity index is 619. The number of fused-ring (bicyclic) bond motifs is 1. The molecular formula is C18H25Cl2N3. The van der Waals surface area contributed by atoms with Gasteiger partial charge in [0.2, 0.25) is 0 Å². The summed E-state index contributed by atoms with van der Waals surface area (Å²) in [5.74, 6) is 0.941. The van der Waals surface area contributed by atoms with E-state index in [0.717, 1.165) is 37.6 Å². The smallest absolute Gasteiger partial charge is 0.0705 e. The van der Waals surface area contributed by atoms with Gasteiger partial charge in [0, 0.05) is 43.8 Å². The zero-order chi connectivity index (χ0) is 14.1. The molecule has 2 aliphatic rings. The van der Waals surface area contributed by atoms with Crippen molar-refractivity contribution in [1.29, 1.82) is 0 Å². The molecule has 5 heteroatoms. The molecule has 126 valence electrons. The lowest BCUT2D eigenvalue weighted by Crippen LogP contribution is -2.45. The first-order valence-electron chi connectivity index (χ1n) is 8.20. The lowest BCUT2D eigenvalue weighted by atomic mass is 9.95. The summed E-state index contributed by atoms with van der Waals surface area (Å²) in [6, 6.07) is 11.4. The Morgan fingerprint density at radius 2 is 1.83 bits per heavy atom. The highest BCUT2D eigenvalue weighted by molar-refractivity contribution is 5.85. The van der Waals surface area contributed by atoms with Crippen LogP contribution in [-0.2, 0) is 0 Å². The van der Waals surface area contributed by atoms with Crippen LogP contribution in [0.15, 0.2) is 36.5 Å². The van der Waals surface area contributed by atoms with Gasteiger partial charge in [0.1, 0.15) is 0 Å². The average Bonchev–Trinajstić information content (AvgIpc) is 3.37. The first-order valence-corrected chi connectivity index (χ1v) is 8.20. The molecule has 1 saturated carbocycles. The van der Waals surface area contributed by atoms with Gasteiger partial charge < -0.3 is 5.32 Å². The molecule has 0 unspecified atom stereocenters. The lowest BCUT2D eigenvalue weighted by Gasteiger charge is -2.36. The summed E-state index contributed by atoms with van der Waals surface area (Å²) in [4.78, 5) is 7.21. The number of nitrogens with zero attached hydrogens (tertiary/aromatic N) is 2. The SMILES string of the molecule is Cl.Cl.c1ccc2c([C@H](CC3CC3)N3CCNCC3)ccnc2c1. The number of piperazine rings is 1. The van der Waals surface area contributed by atoms with E-state index in [1.807, 2.05) is 6.20 Å². The number of hydrogen-bond donors (Lipinski definition) is 1. The predicted molar refractivity (Wildman–Crippen MR) is 101 cm³/mol. The standard InChI is InChI=1S/C18H23N3.2ClH/c1-2-4-17-15(3-1)16(7-8-20-17)18(13-14-5-6-14)21-11-9-19-10-12-21;;/h1-4,7-8,14,18-19H,5-6,9-13H2;2*1H/t18-;;/m0../s1. The number of rotatable bonds is 4. The van der Waals surface area contributed by atoms with Gasteiger partial charge in [-0.2, -0.15) is 0 Å². The summed E-state index contributed by atoms with van der Waals surface area (Å²) in [6.45, 7) is 4.55. The largest absolute Gasteiger partial charge is 0.314 e. The second kappa shape index (κ2) is 8.29. The molecule has 0 bridgehead atoms. The minimum atomic E-state index is 0. The Kier molecular flexibility index (Phi) is 6.66. The van der Waals surface area contributed by atoms with Gasteiger partial charge in [0.15, 0.2) is 0 Å². The molecule has 3 nitrogen and oxygen atoms in total. The van der Waals surface area contributed by atoms with Crippen molar-refractivity contribution in [1.82, 2.24) is 15.2 Å². The van der Waals surface area contributed by atoms with E-state index < -0.39 is 0 Å². The predicted octanol–water partition coefficient (Wildman–Crippen LogP) is 3.82. The highest BCUT2D eigenvalue weighted by Crippen LogP contribution is 2.41. The molecule has 0 radical (unpaired) electrons. The molecule has 2 aromatic rings. The number of hydrogen-bond acceptors (Lipinski definition) is 3. The summed E-state index contributed by atoms with van der Waals surface area (Å²) in [5.41, 5.74) is 2.61. The third-order valence-electron chi connectivity index (χ3n) is 4.89. The fourth-order valence-corrected chi connectivity index (χ4v) is 3.54. The molecule has 2 fully saturated rings. The van der Waals surface area contributed by atoms with Crippen molar-refractivity contribution in [3.05, 3.63) is 42.1 Å². The molecule has 2 heterocycles. The van der Waals surface area contributed by atoms with Crippen LogP contribution >= 0.6 is 24.8 Å². The topological polar surface area (TPSA) is 28.2 Å². The second-order valence-electron chi connectivity index (χ2n) is 6.40. The number of nitrogens with one attached hydrogen (secondary N) is 1. The number of benzene rings is 1. The van der Waals surface area contributed by atoms with Crippen molar-refractivity contribution in [2.75, 3.05) is 26.2 Å². The van der Waals surface area contributed by atoms with Crippen LogP contribution in [0.2, 0.25) is 0 Å².